The summed E-state index contributed by atoms with van der Waals surface area (Å²) in [4.78, 5) is 10.7. The Morgan fingerprint density at radius 2 is 2.11 bits per heavy atom. The van der Waals surface area contributed by atoms with Crippen LogP contribution in [0, 0.1) is 5.41 Å². The summed E-state index contributed by atoms with van der Waals surface area (Å²) < 4.78 is 0. The number of nitrogens with one attached hydrogen (secondary N) is 1. The smallest absolute Gasteiger partial charge is 0.134 e. The molecule has 18 heavy (non-hydrogen) atoms. The van der Waals surface area contributed by atoms with Gasteiger partial charge in [0.25, 0.3) is 0 Å². The van der Waals surface area contributed by atoms with Gasteiger partial charge in [-0.25, -0.2) is 9.97 Å². The van der Waals surface area contributed by atoms with Crippen LogP contribution in [-0.2, 0) is 0 Å². The minimum atomic E-state index is 0.289. The number of nitrogens with two attached hydrogens (primary N) is 1. The van der Waals surface area contributed by atoms with Crippen molar-refractivity contribution in [3.05, 3.63) is 12.4 Å². The van der Waals surface area contributed by atoms with Crippen molar-refractivity contribution in [1.82, 2.24) is 9.97 Å². The van der Waals surface area contributed by atoms with E-state index in [1.54, 1.807) is 6.33 Å². The number of hydrogen-bond acceptors (Lipinski definition) is 5. The van der Waals surface area contributed by atoms with Crippen LogP contribution in [0.15, 0.2) is 12.4 Å². The van der Waals surface area contributed by atoms with Crippen LogP contribution in [0.3, 0.4) is 0 Å². The lowest BCUT2D eigenvalue weighted by molar-refractivity contribution is 0.389. The monoisotopic (exact) mass is 249 g/mol. The fraction of sp³-hybridized carbons (Fsp3) is 0.692. The second kappa shape index (κ2) is 5.10. The number of aromatic nitrogens is 2. The minimum absolute atomic E-state index is 0.289. The van der Waals surface area contributed by atoms with E-state index in [0.29, 0.717) is 5.41 Å². The van der Waals surface area contributed by atoms with Crippen LogP contribution in [-0.4, -0.2) is 35.6 Å². The Bertz CT molecular complexity index is 393. The van der Waals surface area contributed by atoms with Crippen LogP contribution in [0.5, 0.6) is 0 Å². The van der Waals surface area contributed by atoms with Crippen LogP contribution in [0.25, 0.3) is 0 Å². The molecule has 1 saturated heterocycles. The number of anilines is 2. The normalized spacial score (nSPS) is 16.6. The predicted molar refractivity (Wildman–Crippen MR) is 74.8 cm³/mol. The van der Waals surface area contributed by atoms with Crippen molar-refractivity contribution in [3.8, 4) is 0 Å². The molecule has 0 unspecified atom stereocenters. The molecule has 0 spiro atoms. The molecule has 1 aromatic rings. The molecule has 0 bridgehead atoms. The van der Waals surface area contributed by atoms with E-state index >= 15 is 0 Å². The summed E-state index contributed by atoms with van der Waals surface area (Å²) in [6, 6.07) is 2.28. The Hall–Kier alpha value is -1.36. The first-order valence-electron chi connectivity index (χ1n) is 6.50. The van der Waals surface area contributed by atoms with Gasteiger partial charge in [-0.3, -0.25) is 0 Å². The number of rotatable bonds is 4. The summed E-state index contributed by atoms with van der Waals surface area (Å²) in [5.74, 6) is 1.86. The van der Waals surface area contributed by atoms with Gasteiger partial charge in [0.2, 0.25) is 0 Å². The van der Waals surface area contributed by atoms with Crippen molar-refractivity contribution in [2.75, 3.05) is 29.9 Å². The minimum Gasteiger partial charge on any atom is -0.370 e. The Kier molecular flexibility index (Phi) is 3.71. The van der Waals surface area contributed by atoms with Gasteiger partial charge in [-0.15, -0.1) is 0 Å². The van der Waals surface area contributed by atoms with E-state index in [4.69, 9.17) is 5.73 Å². The summed E-state index contributed by atoms with van der Waals surface area (Å²) in [7, 11) is 0. The third kappa shape index (κ3) is 3.57. The summed E-state index contributed by atoms with van der Waals surface area (Å²) in [5, 5.41) is 3.35. The van der Waals surface area contributed by atoms with Crippen molar-refractivity contribution in [2.45, 2.75) is 33.2 Å². The average Bonchev–Trinajstić information content (AvgIpc) is 2.23. The van der Waals surface area contributed by atoms with Gasteiger partial charge in [0.1, 0.15) is 18.0 Å². The SMILES string of the molecule is CC(C)(C)CCNc1cc(N2CC(N)C2)ncn1. The third-order valence-corrected chi connectivity index (χ3v) is 3.07. The molecule has 100 valence electrons. The molecule has 0 aromatic carbocycles. The molecule has 5 nitrogen and oxygen atoms in total. The highest BCUT2D eigenvalue weighted by Gasteiger charge is 2.24. The van der Waals surface area contributed by atoms with Gasteiger partial charge in [0.15, 0.2) is 0 Å². The van der Waals surface area contributed by atoms with Gasteiger partial charge in [0.05, 0.1) is 0 Å². The number of hydrogen-bond donors (Lipinski definition) is 2. The van der Waals surface area contributed by atoms with Crippen molar-refractivity contribution < 1.29 is 0 Å². The largest absolute Gasteiger partial charge is 0.370 e. The van der Waals surface area contributed by atoms with Crippen molar-refractivity contribution in [1.29, 1.82) is 0 Å². The molecule has 2 heterocycles. The molecular weight excluding hydrogens is 226 g/mol. The first kappa shape index (κ1) is 13.1. The second-order valence-electron chi connectivity index (χ2n) is 6.16. The molecule has 0 saturated carbocycles. The second-order valence-corrected chi connectivity index (χ2v) is 6.16. The summed E-state index contributed by atoms with van der Waals surface area (Å²) in [6.45, 7) is 9.42. The zero-order chi connectivity index (χ0) is 13.2. The van der Waals surface area contributed by atoms with Gasteiger partial charge in [-0.2, -0.15) is 0 Å². The maximum Gasteiger partial charge on any atom is 0.134 e. The van der Waals surface area contributed by atoms with Crippen LogP contribution < -0.4 is 16.0 Å². The topological polar surface area (TPSA) is 67.1 Å². The molecule has 1 aliphatic heterocycles. The Balaban J connectivity index is 1.87. The van der Waals surface area contributed by atoms with E-state index in [0.717, 1.165) is 37.7 Å². The van der Waals surface area contributed by atoms with E-state index in [9.17, 15) is 0 Å². The Labute approximate surface area is 109 Å². The molecular formula is C13H23N5. The van der Waals surface area contributed by atoms with Crippen LogP contribution in [0.2, 0.25) is 0 Å². The van der Waals surface area contributed by atoms with Crippen molar-refractivity contribution in [2.24, 2.45) is 11.1 Å². The zero-order valence-electron chi connectivity index (χ0n) is 11.5. The zero-order valence-corrected chi connectivity index (χ0v) is 11.5. The highest BCUT2D eigenvalue weighted by molar-refractivity contribution is 5.50. The molecule has 2 rings (SSSR count). The van der Waals surface area contributed by atoms with Crippen molar-refractivity contribution in [3.63, 3.8) is 0 Å². The fourth-order valence-corrected chi connectivity index (χ4v) is 1.88. The standard InChI is InChI=1S/C13H23N5/c1-13(2,3)4-5-15-11-6-12(17-9-16-11)18-7-10(14)8-18/h6,9-10H,4-5,7-8,14H2,1-3H3,(H,15,16,17). The Morgan fingerprint density at radius 1 is 1.39 bits per heavy atom. The van der Waals surface area contributed by atoms with Gasteiger partial charge in [-0.05, 0) is 11.8 Å². The fourth-order valence-electron chi connectivity index (χ4n) is 1.88. The molecule has 0 aliphatic carbocycles. The lowest BCUT2D eigenvalue weighted by atomic mass is 9.92. The van der Waals surface area contributed by atoms with Crippen molar-refractivity contribution >= 4 is 11.6 Å². The highest BCUT2D eigenvalue weighted by Crippen LogP contribution is 2.21. The summed E-state index contributed by atoms with van der Waals surface area (Å²) >= 11 is 0. The molecule has 1 fully saturated rings. The van der Waals surface area contributed by atoms with E-state index in [1.165, 1.54) is 0 Å². The summed E-state index contributed by atoms with van der Waals surface area (Å²) in [5.41, 5.74) is 6.11. The van der Waals surface area contributed by atoms with Crippen LogP contribution in [0.1, 0.15) is 27.2 Å². The van der Waals surface area contributed by atoms with Crippen LogP contribution >= 0.6 is 0 Å². The third-order valence-electron chi connectivity index (χ3n) is 3.07. The van der Waals surface area contributed by atoms with Gasteiger partial charge in [-0.1, -0.05) is 20.8 Å². The number of nitrogens with zero attached hydrogens (tertiary/aromatic N) is 3. The predicted octanol–water partition coefficient (Wildman–Crippen LogP) is 1.47. The molecule has 5 heteroatoms. The maximum atomic E-state index is 5.77. The van der Waals surface area contributed by atoms with Crippen LogP contribution in [0.4, 0.5) is 11.6 Å². The highest BCUT2D eigenvalue weighted by atomic mass is 15.3. The van der Waals surface area contributed by atoms with E-state index in [1.807, 2.05) is 6.07 Å². The average molecular weight is 249 g/mol. The first-order chi connectivity index (χ1) is 8.44. The van der Waals surface area contributed by atoms with Gasteiger partial charge >= 0.3 is 0 Å². The van der Waals surface area contributed by atoms with E-state index < -0.39 is 0 Å². The lowest BCUT2D eigenvalue weighted by Crippen LogP contribution is -2.56. The quantitative estimate of drug-likeness (QED) is 0.846. The molecule has 3 N–H and O–H groups in total. The molecule has 1 aliphatic rings. The van der Waals surface area contributed by atoms with Gasteiger partial charge < -0.3 is 16.0 Å². The van der Waals surface area contributed by atoms with E-state index in [-0.39, 0.29) is 6.04 Å². The Morgan fingerprint density at radius 3 is 2.72 bits per heavy atom. The maximum absolute atomic E-state index is 5.77. The van der Waals surface area contributed by atoms with E-state index in [2.05, 4.69) is 41.0 Å². The molecule has 0 radical (unpaired) electrons. The first-order valence-corrected chi connectivity index (χ1v) is 6.50. The molecule has 0 amide bonds. The molecule has 1 aromatic heterocycles. The summed E-state index contributed by atoms with van der Waals surface area (Å²) in [6.07, 6.45) is 2.72. The van der Waals surface area contributed by atoms with Gasteiger partial charge in [0, 0.05) is 31.7 Å². The lowest BCUT2D eigenvalue weighted by Gasteiger charge is -2.37. The molecule has 0 atom stereocenters.